The normalized spacial score (nSPS) is 12.0. The van der Waals surface area contributed by atoms with Crippen molar-refractivity contribution in [3.05, 3.63) is 41.4 Å². The fourth-order valence-corrected chi connectivity index (χ4v) is 2.35. The molecule has 0 saturated heterocycles. The molecule has 0 aliphatic heterocycles. The van der Waals surface area contributed by atoms with Crippen molar-refractivity contribution in [1.29, 1.82) is 0 Å². The summed E-state index contributed by atoms with van der Waals surface area (Å²) in [5, 5.41) is 4.87. The summed E-state index contributed by atoms with van der Waals surface area (Å²) in [6.45, 7) is 1.99. The van der Waals surface area contributed by atoms with E-state index in [0.29, 0.717) is 11.6 Å². The molecule has 0 saturated carbocycles. The van der Waals surface area contributed by atoms with Gasteiger partial charge in [0.1, 0.15) is 5.75 Å². The molecule has 4 nitrogen and oxygen atoms in total. The first kappa shape index (κ1) is 16.4. The Balaban J connectivity index is 2.07. The average Bonchev–Trinajstić information content (AvgIpc) is 3.00. The predicted octanol–water partition coefficient (Wildman–Crippen LogP) is 4.00. The molecule has 1 atom stereocenters. The van der Waals surface area contributed by atoms with Gasteiger partial charge in [0.2, 0.25) is 0 Å². The van der Waals surface area contributed by atoms with Gasteiger partial charge in [0.15, 0.2) is 22.9 Å². The summed E-state index contributed by atoms with van der Waals surface area (Å²) < 4.78 is 31.7. The Labute approximate surface area is 131 Å². The molecule has 0 bridgehead atoms. The minimum Gasteiger partial charge on any atom is -0.480 e. The molecule has 2 rings (SSSR count). The summed E-state index contributed by atoms with van der Waals surface area (Å²) >= 11 is 1.30. The van der Waals surface area contributed by atoms with Crippen molar-refractivity contribution >= 4 is 22.4 Å². The van der Waals surface area contributed by atoms with E-state index >= 15 is 0 Å². The minimum absolute atomic E-state index is 0.120. The molecule has 1 amide bonds. The van der Waals surface area contributed by atoms with Crippen molar-refractivity contribution in [3.63, 3.8) is 0 Å². The molecule has 118 valence electrons. The molecule has 0 fully saturated rings. The van der Waals surface area contributed by atoms with E-state index in [2.05, 4.69) is 10.3 Å². The number of unbranched alkanes of at least 4 members (excludes halogenated alkanes) is 1. The van der Waals surface area contributed by atoms with Crippen LogP contribution in [0.1, 0.15) is 26.2 Å². The number of ether oxygens (including phenoxy) is 1. The lowest BCUT2D eigenvalue weighted by Crippen LogP contribution is -2.33. The van der Waals surface area contributed by atoms with Gasteiger partial charge >= 0.3 is 0 Å². The van der Waals surface area contributed by atoms with Gasteiger partial charge in [0.05, 0.1) is 0 Å². The largest absolute Gasteiger partial charge is 0.480 e. The number of carbonyl (C=O) groups is 1. The predicted molar refractivity (Wildman–Crippen MR) is 81.0 cm³/mol. The first-order valence-corrected chi connectivity index (χ1v) is 7.80. The van der Waals surface area contributed by atoms with Crippen LogP contribution in [0.3, 0.4) is 0 Å². The van der Waals surface area contributed by atoms with Crippen LogP contribution in [0.25, 0.3) is 0 Å². The fourth-order valence-electron chi connectivity index (χ4n) is 1.82. The lowest BCUT2D eigenvalue weighted by Gasteiger charge is -2.18. The Morgan fingerprint density at radius 1 is 1.41 bits per heavy atom. The van der Waals surface area contributed by atoms with E-state index in [0.717, 1.165) is 25.0 Å². The quantitative estimate of drug-likeness (QED) is 0.837. The molecule has 7 heteroatoms. The highest BCUT2D eigenvalue weighted by atomic mass is 32.1. The third-order valence-corrected chi connectivity index (χ3v) is 3.63. The van der Waals surface area contributed by atoms with Crippen LogP contribution in [0, 0.1) is 11.6 Å². The zero-order valence-corrected chi connectivity index (χ0v) is 12.8. The maximum atomic E-state index is 13.2. The highest BCUT2D eigenvalue weighted by Crippen LogP contribution is 2.20. The molecule has 0 radical (unpaired) electrons. The van der Waals surface area contributed by atoms with Crippen LogP contribution in [0.2, 0.25) is 0 Å². The molecule has 1 aromatic carbocycles. The van der Waals surface area contributed by atoms with Crippen LogP contribution in [0.15, 0.2) is 29.8 Å². The molecule has 0 spiro atoms. The van der Waals surface area contributed by atoms with Gasteiger partial charge in [-0.25, -0.2) is 13.8 Å². The topological polar surface area (TPSA) is 51.2 Å². The number of hydrogen-bond donors (Lipinski definition) is 1. The highest BCUT2D eigenvalue weighted by Gasteiger charge is 2.21. The molecule has 1 aromatic heterocycles. The van der Waals surface area contributed by atoms with Gasteiger partial charge in [-0.15, -0.1) is 11.3 Å². The first-order valence-electron chi connectivity index (χ1n) is 6.92. The number of thiazole rings is 1. The zero-order valence-electron chi connectivity index (χ0n) is 12.0. The van der Waals surface area contributed by atoms with E-state index in [-0.39, 0.29) is 11.7 Å². The van der Waals surface area contributed by atoms with Gasteiger partial charge in [0, 0.05) is 17.6 Å². The fraction of sp³-hybridized carbons (Fsp3) is 0.333. The maximum absolute atomic E-state index is 13.2. The summed E-state index contributed by atoms with van der Waals surface area (Å²) in [6, 6.07) is 3.21. The molecular weight excluding hydrogens is 310 g/mol. The van der Waals surface area contributed by atoms with Crippen molar-refractivity contribution in [1.82, 2.24) is 4.98 Å². The van der Waals surface area contributed by atoms with E-state index in [4.69, 9.17) is 4.74 Å². The Morgan fingerprint density at radius 2 is 2.23 bits per heavy atom. The maximum Gasteiger partial charge on any atom is 0.267 e. The number of rotatable bonds is 7. The summed E-state index contributed by atoms with van der Waals surface area (Å²) in [7, 11) is 0. The smallest absolute Gasteiger partial charge is 0.267 e. The van der Waals surface area contributed by atoms with Crippen molar-refractivity contribution in [2.75, 3.05) is 5.32 Å². The van der Waals surface area contributed by atoms with Gasteiger partial charge in [-0.05, 0) is 25.0 Å². The van der Waals surface area contributed by atoms with E-state index in [9.17, 15) is 13.6 Å². The van der Waals surface area contributed by atoms with Crippen molar-refractivity contribution in [2.45, 2.75) is 32.3 Å². The second-order valence-corrected chi connectivity index (χ2v) is 5.55. The first-order chi connectivity index (χ1) is 10.6. The molecule has 0 aliphatic carbocycles. The molecule has 1 heterocycles. The number of halogens is 2. The number of nitrogens with one attached hydrogen (secondary N) is 1. The van der Waals surface area contributed by atoms with Gasteiger partial charge in [0.25, 0.3) is 5.91 Å². The summed E-state index contributed by atoms with van der Waals surface area (Å²) in [5.41, 5.74) is 0. The lowest BCUT2D eigenvalue weighted by atomic mass is 10.1. The van der Waals surface area contributed by atoms with E-state index in [1.54, 1.807) is 11.6 Å². The number of amides is 1. The number of nitrogens with zero attached hydrogens (tertiary/aromatic N) is 1. The highest BCUT2D eigenvalue weighted by molar-refractivity contribution is 7.13. The second kappa shape index (κ2) is 7.84. The number of hydrogen-bond acceptors (Lipinski definition) is 4. The van der Waals surface area contributed by atoms with E-state index < -0.39 is 17.7 Å². The third-order valence-electron chi connectivity index (χ3n) is 2.94. The lowest BCUT2D eigenvalue weighted by molar-refractivity contribution is -0.123. The number of anilines is 1. The Bertz CT molecular complexity index is 620. The summed E-state index contributed by atoms with van der Waals surface area (Å²) in [4.78, 5) is 16.2. The van der Waals surface area contributed by atoms with Gasteiger partial charge < -0.3 is 4.74 Å². The van der Waals surface area contributed by atoms with Crippen LogP contribution >= 0.6 is 11.3 Å². The number of carbonyl (C=O) groups excluding carboxylic acids is 1. The molecule has 1 unspecified atom stereocenters. The monoisotopic (exact) mass is 326 g/mol. The second-order valence-electron chi connectivity index (χ2n) is 4.65. The van der Waals surface area contributed by atoms with Crippen LogP contribution in [-0.4, -0.2) is 17.0 Å². The van der Waals surface area contributed by atoms with Crippen molar-refractivity contribution < 1.29 is 18.3 Å². The van der Waals surface area contributed by atoms with Crippen LogP contribution in [-0.2, 0) is 4.79 Å². The van der Waals surface area contributed by atoms with Gasteiger partial charge in [-0.1, -0.05) is 13.3 Å². The van der Waals surface area contributed by atoms with Crippen molar-refractivity contribution in [3.8, 4) is 5.75 Å². The van der Waals surface area contributed by atoms with Gasteiger partial charge in [-0.2, -0.15) is 0 Å². The number of aromatic nitrogens is 1. The standard InChI is InChI=1S/C15H16F2N2O2S/c1-2-3-4-13(14(20)19-15-18-7-8-22-15)21-10-5-6-11(16)12(17)9-10/h5-9,13H,2-4H2,1H3,(H,18,19,20). The molecule has 2 aromatic rings. The Morgan fingerprint density at radius 3 is 2.86 bits per heavy atom. The summed E-state index contributed by atoms with van der Waals surface area (Å²) in [5.74, 6) is -2.20. The van der Waals surface area contributed by atoms with Crippen LogP contribution < -0.4 is 10.1 Å². The molecular formula is C15H16F2N2O2S. The van der Waals surface area contributed by atoms with Crippen molar-refractivity contribution in [2.24, 2.45) is 0 Å². The van der Waals surface area contributed by atoms with Crippen LogP contribution in [0.5, 0.6) is 5.75 Å². The molecule has 22 heavy (non-hydrogen) atoms. The van der Waals surface area contributed by atoms with E-state index in [1.807, 2.05) is 6.92 Å². The summed E-state index contributed by atoms with van der Waals surface area (Å²) in [6.07, 6.45) is 2.94. The van der Waals surface area contributed by atoms with Gasteiger partial charge in [-0.3, -0.25) is 10.1 Å². The Kier molecular flexibility index (Phi) is 5.83. The van der Waals surface area contributed by atoms with Crippen LogP contribution in [0.4, 0.5) is 13.9 Å². The third kappa shape index (κ3) is 4.49. The molecule has 0 aliphatic rings. The van der Waals surface area contributed by atoms with E-state index in [1.165, 1.54) is 17.4 Å². The average molecular weight is 326 g/mol. The number of benzene rings is 1. The Hall–Kier alpha value is -2.02. The molecule has 1 N–H and O–H groups in total. The zero-order chi connectivity index (χ0) is 15.9. The minimum atomic E-state index is -1.01. The SMILES string of the molecule is CCCCC(Oc1ccc(F)c(F)c1)C(=O)Nc1nccs1.